The van der Waals surface area contributed by atoms with Crippen molar-refractivity contribution >= 4 is 33.7 Å². The highest BCUT2D eigenvalue weighted by molar-refractivity contribution is 9.10. The van der Waals surface area contributed by atoms with Gasteiger partial charge in [0.15, 0.2) is 5.78 Å². The van der Waals surface area contributed by atoms with E-state index >= 15 is 0 Å². The number of phenolic OH excluding ortho intramolecular Hbond substituents is 1. The zero-order valence-electron chi connectivity index (χ0n) is 15.7. The Bertz CT molecular complexity index is 981. The van der Waals surface area contributed by atoms with E-state index in [4.69, 9.17) is 0 Å². The third kappa shape index (κ3) is 4.64. The number of halogens is 2. The minimum absolute atomic E-state index is 0.122. The number of para-hydroxylation sites is 1. The molecule has 0 saturated carbocycles. The second-order valence-corrected chi connectivity index (χ2v) is 8.15. The van der Waals surface area contributed by atoms with Gasteiger partial charge in [0.1, 0.15) is 17.1 Å². The predicted octanol–water partition coefficient (Wildman–Crippen LogP) is 3.35. The number of hydrogen-bond acceptors (Lipinski definition) is 4. The summed E-state index contributed by atoms with van der Waals surface area (Å²) in [5, 5.41) is 12.5. The van der Waals surface area contributed by atoms with Crippen LogP contribution in [0.3, 0.4) is 0 Å². The van der Waals surface area contributed by atoms with Crippen molar-refractivity contribution in [2.24, 2.45) is 0 Å². The summed E-state index contributed by atoms with van der Waals surface area (Å²) in [6, 6.07) is 10.5. The number of aromatic hydroxyl groups is 1. The number of imide groups is 1. The Labute approximate surface area is 175 Å². The lowest BCUT2D eigenvalue weighted by atomic mass is 9.93. The number of carbonyl (C=O) groups excluding carboxylic acids is 3. The monoisotopic (exact) mass is 462 g/mol. The molecule has 0 radical (unpaired) electrons. The van der Waals surface area contributed by atoms with Crippen molar-refractivity contribution in [3.63, 3.8) is 0 Å². The molecule has 152 valence electrons. The number of phenols is 1. The fraction of sp³-hybridized carbons (Fsp3) is 0.286. The number of carbonyl (C=O) groups is 3. The second kappa shape index (κ2) is 8.32. The van der Waals surface area contributed by atoms with Gasteiger partial charge in [0, 0.05) is 10.9 Å². The van der Waals surface area contributed by atoms with Gasteiger partial charge in [0.2, 0.25) is 0 Å². The predicted molar refractivity (Wildman–Crippen MR) is 108 cm³/mol. The Kier molecular flexibility index (Phi) is 6.02. The summed E-state index contributed by atoms with van der Waals surface area (Å²) in [5.74, 6) is -1.36. The first-order chi connectivity index (χ1) is 13.7. The van der Waals surface area contributed by atoms with Crippen LogP contribution in [0, 0.1) is 5.82 Å². The SMILES string of the molecule is CC1(CCc2ccccc2O)NC(=O)N(CC(=O)Cc2ccc(Br)cc2F)C1=O. The van der Waals surface area contributed by atoms with E-state index in [1.54, 1.807) is 37.3 Å². The maximum Gasteiger partial charge on any atom is 0.325 e. The van der Waals surface area contributed by atoms with Gasteiger partial charge in [-0.3, -0.25) is 14.5 Å². The number of rotatable bonds is 7. The molecule has 8 heteroatoms. The maximum absolute atomic E-state index is 13.9. The highest BCUT2D eigenvalue weighted by Gasteiger charge is 2.47. The number of nitrogens with one attached hydrogen (secondary N) is 1. The van der Waals surface area contributed by atoms with E-state index in [0.717, 1.165) is 4.90 Å². The van der Waals surface area contributed by atoms with Crippen molar-refractivity contribution in [2.75, 3.05) is 6.54 Å². The van der Waals surface area contributed by atoms with E-state index in [-0.39, 0.29) is 24.2 Å². The second-order valence-electron chi connectivity index (χ2n) is 7.23. The molecule has 29 heavy (non-hydrogen) atoms. The smallest absolute Gasteiger partial charge is 0.325 e. The molecule has 1 aliphatic heterocycles. The molecule has 1 fully saturated rings. The summed E-state index contributed by atoms with van der Waals surface area (Å²) < 4.78 is 14.5. The molecule has 0 aromatic heterocycles. The molecule has 2 aromatic carbocycles. The van der Waals surface area contributed by atoms with Crippen LogP contribution in [0.4, 0.5) is 9.18 Å². The third-order valence-corrected chi connectivity index (χ3v) is 5.46. The molecule has 1 heterocycles. The van der Waals surface area contributed by atoms with Crippen LogP contribution >= 0.6 is 15.9 Å². The fourth-order valence-electron chi connectivity index (χ4n) is 3.28. The van der Waals surface area contributed by atoms with Crippen LogP contribution in [0.2, 0.25) is 0 Å². The van der Waals surface area contributed by atoms with Gasteiger partial charge in [-0.2, -0.15) is 0 Å². The molecular formula is C21H20BrFN2O4. The summed E-state index contributed by atoms with van der Waals surface area (Å²) in [6.07, 6.45) is 0.424. The van der Waals surface area contributed by atoms with Gasteiger partial charge in [-0.1, -0.05) is 40.2 Å². The molecule has 0 aliphatic carbocycles. The van der Waals surface area contributed by atoms with E-state index in [0.29, 0.717) is 16.5 Å². The van der Waals surface area contributed by atoms with Crippen LogP contribution in [0.25, 0.3) is 0 Å². The summed E-state index contributed by atoms with van der Waals surface area (Å²) in [7, 11) is 0. The van der Waals surface area contributed by atoms with E-state index in [1.807, 2.05) is 0 Å². The molecule has 3 rings (SSSR count). The normalized spacial score (nSPS) is 18.8. The van der Waals surface area contributed by atoms with E-state index in [1.165, 1.54) is 12.1 Å². The van der Waals surface area contributed by atoms with E-state index in [2.05, 4.69) is 21.2 Å². The molecule has 2 N–H and O–H groups in total. The summed E-state index contributed by atoms with van der Waals surface area (Å²) in [4.78, 5) is 38.3. The standard InChI is InChI=1S/C21H20BrFN2O4/c1-21(9-8-13-4-2-3-5-18(13)27)19(28)25(20(29)24-21)12-16(26)10-14-6-7-15(22)11-17(14)23/h2-7,11,27H,8-10,12H2,1H3,(H,24,29). The van der Waals surface area contributed by atoms with Gasteiger partial charge >= 0.3 is 6.03 Å². The number of hydrogen-bond donors (Lipinski definition) is 2. The number of benzene rings is 2. The molecule has 6 nitrogen and oxygen atoms in total. The maximum atomic E-state index is 13.9. The van der Waals surface area contributed by atoms with Gasteiger partial charge in [-0.15, -0.1) is 0 Å². The molecule has 1 saturated heterocycles. The summed E-state index contributed by atoms with van der Waals surface area (Å²) >= 11 is 3.15. The average Bonchev–Trinajstić information content (AvgIpc) is 2.87. The van der Waals surface area contributed by atoms with Crippen molar-refractivity contribution in [1.82, 2.24) is 10.2 Å². The Hall–Kier alpha value is -2.74. The Morgan fingerprint density at radius 1 is 1.21 bits per heavy atom. The minimum atomic E-state index is -1.18. The first-order valence-electron chi connectivity index (χ1n) is 9.06. The number of aryl methyl sites for hydroxylation is 1. The lowest BCUT2D eigenvalue weighted by Gasteiger charge is -2.21. The first kappa shape index (κ1) is 21.0. The third-order valence-electron chi connectivity index (χ3n) is 4.97. The molecule has 1 atom stereocenters. The van der Waals surface area contributed by atoms with Crippen LogP contribution < -0.4 is 5.32 Å². The number of ketones is 1. The molecule has 1 aliphatic rings. The molecule has 3 amide bonds. The van der Waals surface area contributed by atoms with Gasteiger partial charge in [-0.25, -0.2) is 9.18 Å². The zero-order valence-corrected chi connectivity index (χ0v) is 17.3. The molecule has 1 unspecified atom stereocenters. The van der Waals surface area contributed by atoms with Crippen molar-refractivity contribution in [1.29, 1.82) is 0 Å². The number of urea groups is 1. The van der Waals surface area contributed by atoms with Gasteiger partial charge in [0.25, 0.3) is 5.91 Å². The topological polar surface area (TPSA) is 86.7 Å². The zero-order chi connectivity index (χ0) is 21.2. The summed E-state index contributed by atoms with van der Waals surface area (Å²) in [5.41, 5.74) is -0.314. The summed E-state index contributed by atoms with van der Waals surface area (Å²) in [6.45, 7) is 1.17. The van der Waals surface area contributed by atoms with Crippen LogP contribution in [-0.2, 0) is 22.4 Å². The lowest BCUT2D eigenvalue weighted by molar-refractivity contribution is -0.134. The highest BCUT2D eigenvalue weighted by atomic mass is 79.9. The molecule has 0 spiro atoms. The van der Waals surface area contributed by atoms with Gasteiger partial charge in [0.05, 0.1) is 6.54 Å². The van der Waals surface area contributed by atoms with Crippen LogP contribution in [0.1, 0.15) is 24.5 Å². The van der Waals surface area contributed by atoms with Gasteiger partial charge < -0.3 is 10.4 Å². The highest BCUT2D eigenvalue weighted by Crippen LogP contribution is 2.26. The number of amides is 3. The molecular weight excluding hydrogens is 443 g/mol. The van der Waals surface area contributed by atoms with Crippen molar-refractivity contribution in [2.45, 2.75) is 31.7 Å². The lowest BCUT2D eigenvalue weighted by Crippen LogP contribution is -2.44. The van der Waals surface area contributed by atoms with Crippen molar-refractivity contribution < 1.29 is 23.9 Å². The van der Waals surface area contributed by atoms with Crippen LogP contribution in [0.5, 0.6) is 5.75 Å². The first-order valence-corrected chi connectivity index (χ1v) is 9.85. The van der Waals surface area contributed by atoms with Gasteiger partial charge in [-0.05, 0) is 49.1 Å². The quantitative estimate of drug-likeness (QED) is 0.617. The van der Waals surface area contributed by atoms with Crippen molar-refractivity contribution in [3.8, 4) is 5.75 Å². The number of Topliss-reactive ketones (excluding diaryl/α,β-unsaturated/α-hetero) is 1. The molecule has 2 aromatic rings. The minimum Gasteiger partial charge on any atom is -0.508 e. The Balaban J connectivity index is 1.65. The Morgan fingerprint density at radius 2 is 1.93 bits per heavy atom. The fourth-order valence-corrected chi connectivity index (χ4v) is 3.61. The van der Waals surface area contributed by atoms with Crippen LogP contribution in [-0.4, -0.2) is 39.8 Å². The van der Waals surface area contributed by atoms with Crippen LogP contribution in [0.15, 0.2) is 46.9 Å². The van der Waals surface area contributed by atoms with E-state index < -0.39 is 35.6 Å². The van der Waals surface area contributed by atoms with Crippen molar-refractivity contribution in [3.05, 3.63) is 63.9 Å². The van der Waals surface area contributed by atoms with E-state index in [9.17, 15) is 23.9 Å². The largest absolute Gasteiger partial charge is 0.508 e. The number of nitrogens with zero attached hydrogens (tertiary/aromatic N) is 1. The Morgan fingerprint density at radius 3 is 2.62 bits per heavy atom. The average molecular weight is 463 g/mol. The molecule has 0 bridgehead atoms.